The van der Waals surface area contributed by atoms with Crippen LogP contribution in [0.15, 0.2) is 21.0 Å². The molecule has 0 bridgehead atoms. The first-order valence-corrected chi connectivity index (χ1v) is 8.94. The van der Waals surface area contributed by atoms with Gasteiger partial charge < -0.3 is 0 Å². The first-order valence-electron chi connectivity index (χ1n) is 5.81. The number of hydrogen-bond donors (Lipinski definition) is 0. The molecule has 1 heterocycles. The quantitative estimate of drug-likeness (QED) is 0.587. The molecule has 3 heteroatoms. The molecule has 0 aromatic heterocycles. The smallest absolute Gasteiger partial charge is 0.0564 e. The third-order valence-electron chi connectivity index (χ3n) is 2.15. The van der Waals surface area contributed by atoms with Gasteiger partial charge in [0.2, 0.25) is 0 Å². The lowest BCUT2D eigenvalue weighted by Gasteiger charge is -2.02. The summed E-state index contributed by atoms with van der Waals surface area (Å²) in [5, 5.41) is 0. The van der Waals surface area contributed by atoms with Gasteiger partial charge in [0.25, 0.3) is 0 Å². The zero-order chi connectivity index (χ0) is 12.7. The molecular formula is C14H20S3. The lowest BCUT2D eigenvalue weighted by molar-refractivity contribution is 1.38. The fraction of sp³-hybridized carbons (Fsp3) is 0.571. The van der Waals surface area contributed by atoms with Crippen molar-refractivity contribution in [2.75, 3.05) is 23.0 Å². The molecule has 0 amide bonds. The van der Waals surface area contributed by atoms with E-state index in [0.717, 1.165) is 0 Å². The van der Waals surface area contributed by atoms with E-state index in [-0.39, 0.29) is 0 Å². The summed E-state index contributed by atoms with van der Waals surface area (Å²) in [4.78, 5) is 2.51. The molecule has 0 saturated heterocycles. The first-order chi connectivity index (χ1) is 8.11. The fourth-order valence-corrected chi connectivity index (χ4v) is 4.28. The average molecular weight is 285 g/mol. The van der Waals surface area contributed by atoms with Crippen LogP contribution in [-0.2, 0) is 0 Å². The molecule has 0 N–H and O–H groups in total. The van der Waals surface area contributed by atoms with Crippen molar-refractivity contribution >= 4 is 35.3 Å². The predicted molar refractivity (Wildman–Crippen MR) is 86.8 cm³/mol. The van der Waals surface area contributed by atoms with Crippen LogP contribution in [0.1, 0.15) is 27.7 Å². The van der Waals surface area contributed by atoms with Crippen molar-refractivity contribution in [3.8, 4) is 11.8 Å². The van der Waals surface area contributed by atoms with Gasteiger partial charge in [-0.25, -0.2) is 0 Å². The molecule has 0 aromatic carbocycles. The number of allylic oxidation sites excluding steroid dienone is 4. The summed E-state index contributed by atoms with van der Waals surface area (Å²) in [6, 6.07) is 0. The second-order valence-corrected chi connectivity index (χ2v) is 7.65. The maximum absolute atomic E-state index is 3.35. The van der Waals surface area contributed by atoms with Crippen LogP contribution in [0.5, 0.6) is 0 Å². The van der Waals surface area contributed by atoms with Crippen LogP contribution in [0.4, 0.5) is 0 Å². The molecule has 1 rings (SSSR count). The van der Waals surface area contributed by atoms with E-state index in [1.54, 1.807) is 0 Å². The highest BCUT2D eigenvalue weighted by Crippen LogP contribution is 2.25. The summed E-state index contributed by atoms with van der Waals surface area (Å²) in [5.41, 5.74) is 2.68. The van der Waals surface area contributed by atoms with E-state index in [4.69, 9.17) is 0 Å². The van der Waals surface area contributed by atoms with Crippen LogP contribution in [0.25, 0.3) is 0 Å². The summed E-state index contributed by atoms with van der Waals surface area (Å²) >= 11 is 5.85. The minimum Gasteiger partial charge on any atom is -0.160 e. The fourth-order valence-electron chi connectivity index (χ4n) is 1.23. The molecule has 0 nitrogen and oxygen atoms in total. The van der Waals surface area contributed by atoms with Crippen molar-refractivity contribution in [3.63, 3.8) is 0 Å². The van der Waals surface area contributed by atoms with Gasteiger partial charge in [-0.05, 0) is 27.7 Å². The van der Waals surface area contributed by atoms with E-state index in [1.807, 2.05) is 35.3 Å². The van der Waals surface area contributed by atoms with E-state index in [0.29, 0.717) is 0 Å². The van der Waals surface area contributed by atoms with Gasteiger partial charge in [0.1, 0.15) is 0 Å². The monoisotopic (exact) mass is 284 g/mol. The van der Waals surface area contributed by atoms with E-state index >= 15 is 0 Å². The molecule has 17 heavy (non-hydrogen) atoms. The lowest BCUT2D eigenvalue weighted by atomic mass is 10.3. The Hall–Kier alpha value is 0.0900. The summed E-state index contributed by atoms with van der Waals surface area (Å²) in [6.45, 7) is 8.61. The SMILES string of the molecule is CC(C)=C1C#CC(=C(C)C)SCCSCCS1. The normalized spacial score (nSPS) is 17.9. The third-order valence-corrected chi connectivity index (χ3v) is 6.06. The van der Waals surface area contributed by atoms with Gasteiger partial charge in [0, 0.05) is 23.0 Å². The maximum atomic E-state index is 3.35. The van der Waals surface area contributed by atoms with Crippen molar-refractivity contribution in [1.29, 1.82) is 0 Å². The molecule has 94 valence electrons. The van der Waals surface area contributed by atoms with Crippen molar-refractivity contribution < 1.29 is 0 Å². The van der Waals surface area contributed by atoms with E-state index in [9.17, 15) is 0 Å². The Labute approximate surface area is 118 Å². The predicted octanol–water partition coefficient (Wildman–Crippen LogP) is 4.79. The van der Waals surface area contributed by atoms with Crippen LogP contribution >= 0.6 is 35.3 Å². The Balaban J connectivity index is 2.93. The van der Waals surface area contributed by atoms with Crippen molar-refractivity contribution in [2.45, 2.75) is 27.7 Å². The minimum absolute atomic E-state index is 1.18. The molecule has 0 radical (unpaired) electrons. The Morgan fingerprint density at radius 2 is 1.18 bits per heavy atom. The molecule has 1 aliphatic rings. The largest absolute Gasteiger partial charge is 0.160 e. The number of hydrogen-bond acceptors (Lipinski definition) is 3. The second-order valence-electron chi connectivity index (χ2n) is 4.22. The van der Waals surface area contributed by atoms with Gasteiger partial charge in [0.15, 0.2) is 0 Å². The molecule has 0 aromatic rings. The topological polar surface area (TPSA) is 0 Å². The van der Waals surface area contributed by atoms with Crippen LogP contribution in [0.3, 0.4) is 0 Å². The average Bonchev–Trinajstić information content (AvgIpc) is 2.31. The van der Waals surface area contributed by atoms with Crippen LogP contribution in [0.2, 0.25) is 0 Å². The summed E-state index contributed by atoms with van der Waals surface area (Å²) in [6.07, 6.45) is 0. The Morgan fingerprint density at radius 1 is 0.765 bits per heavy atom. The third kappa shape index (κ3) is 5.99. The molecule has 0 spiro atoms. The zero-order valence-electron chi connectivity index (χ0n) is 11.1. The second kappa shape index (κ2) is 8.24. The van der Waals surface area contributed by atoms with Crippen LogP contribution in [-0.4, -0.2) is 23.0 Å². The highest BCUT2D eigenvalue weighted by Gasteiger charge is 2.02. The van der Waals surface area contributed by atoms with Crippen LogP contribution < -0.4 is 0 Å². The van der Waals surface area contributed by atoms with Crippen molar-refractivity contribution in [3.05, 3.63) is 21.0 Å². The Bertz CT molecular complexity index is 338. The Kier molecular flexibility index (Phi) is 7.34. The molecular weight excluding hydrogens is 264 g/mol. The molecule has 0 saturated carbocycles. The molecule has 0 unspecified atom stereocenters. The summed E-state index contributed by atoms with van der Waals surface area (Å²) in [7, 11) is 0. The summed E-state index contributed by atoms with van der Waals surface area (Å²) < 4.78 is 0. The van der Waals surface area contributed by atoms with Gasteiger partial charge in [-0.1, -0.05) is 23.0 Å². The highest BCUT2D eigenvalue weighted by molar-refractivity contribution is 8.07. The van der Waals surface area contributed by atoms with E-state index in [2.05, 4.69) is 39.5 Å². The van der Waals surface area contributed by atoms with Gasteiger partial charge >= 0.3 is 0 Å². The number of rotatable bonds is 0. The zero-order valence-corrected chi connectivity index (χ0v) is 13.5. The standard InChI is InChI=1S/C14H20S3/c1-11(2)13-5-6-14(12(3)4)17-10-8-15-7-9-16-13/h7-10H2,1-4H3. The van der Waals surface area contributed by atoms with E-state index < -0.39 is 0 Å². The van der Waals surface area contributed by atoms with Crippen LogP contribution in [0, 0.1) is 11.8 Å². The highest BCUT2D eigenvalue weighted by atomic mass is 32.2. The van der Waals surface area contributed by atoms with Gasteiger partial charge in [-0.3, -0.25) is 0 Å². The molecule has 0 atom stereocenters. The van der Waals surface area contributed by atoms with Gasteiger partial charge in [-0.15, -0.1) is 23.5 Å². The minimum atomic E-state index is 1.18. The maximum Gasteiger partial charge on any atom is 0.0564 e. The summed E-state index contributed by atoms with van der Waals surface area (Å²) in [5.74, 6) is 11.5. The first kappa shape index (κ1) is 15.1. The number of thioether (sulfide) groups is 3. The molecule has 0 aliphatic carbocycles. The van der Waals surface area contributed by atoms with Crippen molar-refractivity contribution in [1.82, 2.24) is 0 Å². The van der Waals surface area contributed by atoms with Gasteiger partial charge in [0.05, 0.1) is 9.81 Å². The molecule has 0 fully saturated rings. The van der Waals surface area contributed by atoms with Crippen molar-refractivity contribution in [2.24, 2.45) is 0 Å². The Morgan fingerprint density at radius 3 is 1.53 bits per heavy atom. The van der Waals surface area contributed by atoms with E-state index in [1.165, 1.54) is 44.0 Å². The molecule has 1 aliphatic heterocycles. The van der Waals surface area contributed by atoms with Gasteiger partial charge in [-0.2, -0.15) is 11.8 Å². The lowest BCUT2D eigenvalue weighted by Crippen LogP contribution is -1.90.